The molecule has 0 unspecified atom stereocenters. The number of hydrogen-bond acceptors (Lipinski definition) is 3. The zero-order chi connectivity index (χ0) is 19.6. The van der Waals surface area contributed by atoms with E-state index in [2.05, 4.69) is 10.3 Å². The number of aryl methyl sites for hydroxylation is 2. The van der Waals surface area contributed by atoms with E-state index in [9.17, 15) is 18.0 Å². The Morgan fingerprint density at radius 1 is 1.07 bits per heavy atom. The van der Waals surface area contributed by atoms with Crippen molar-refractivity contribution in [3.05, 3.63) is 65.2 Å². The van der Waals surface area contributed by atoms with Gasteiger partial charge in [-0.05, 0) is 43.2 Å². The van der Waals surface area contributed by atoms with Crippen molar-refractivity contribution in [3.63, 3.8) is 0 Å². The van der Waals surface area contributed by atoms with Gasteiger partial charge in [-0.1, -0.05) is 42.1 Å². The predicted octanol–water partition coefficient (Wildman–Crippen LogP) is 5.60. The molecule has 0 saturated heterocycles. The minimum Gasteiger partial charge on any atom is -0.325 e. The van der Waals surface area contributed by atoms with Crippen LogP contribution in [-0.2, 0) is 11.0 Å². The largest absolute Gasteiger partial charge is 0.418 e. The third kappa shape index (κ3) is 4.42. The van der Waals surface area contributed by atoms with Crippen LogP contribution in [0.2, 0.25) is 0 Å². The van der Waals surface area contributed by atoms with Crippen LogP contribution in [-0.4, -0.2) is 16.6 Å². The van der Waals surface area contributed by atoms with Crippen LogP contribution in [0, 0.1) is 13.8 Å². The highest BCUT2D eigenvalue weighted by atomic mass is 32.2. The molecule has 1 heterocycles. The number of nitrogens with one attached hydrogen (secondary N) is 1. The third-order valence-electron chi connectivity index (χ3n) is 4.08. The lowest BCUT2D eigenvalue weighted by atomic mass is 10.1. The molecule has 0 aliphatic rings. The molecule has 3 rings (SSSR count). The molecule has 0 aliphatic heterocycles. The molecule has 27 heavy (non-hydrogen) atoms. The number of aromatic nitrogens is 1. The second-order valence-electron chi connectivity index (χ2n) is 6.13. The highest BCUT2D eigenvalue weighted by Gasteiger charge is 2.33. The average Bonchev–Trinajstić information content (AvgIpc) is 2.60. The van der Waals surface area contributed by atoms with Gasteiger partial charge in [0.15, 0.2) is 0 Å². The van der Waals surface area contributed by atoms with E-state index in [1.807, 2.05) is 38.1 Å². The lowest BCUT2D eigenvalue weighted by Gasteiger charge is -2.13. The molecule has 0 fully saturated rings. The maximum absolute atomic E-state index is 13.0. The van der Waals surface area contributed by atoms with Gasteiger partial charge in [0.05, 0.1) is 27.5 Å². The van der Waals surface area contributed by atoms with Crippen molar-refractivity contribution in [1.82, 2.24) is 4.98 Å². The predicted molar refractivity (Wildman–Crippen MR) is 102 cm³/mol. The van der Waals surface area contributed by atoms with E-state index in [1.54, 1.807) is 0 Å². The number of amides is 1. The smallest absolute Gasteiger partial charge is 0.325 e. The minimum absolute atomic E-state index is 0.0317. The topological polar surface area (TPSA) is 42.0 Å². The van der Waals surface area contributed by atoms with Crippen LogP contribution in [0.25, 0.3) is 10.9 Å². The van der Waals surface area contributed by atoms with Crippen LogP contribution >= 0.6 is 11.8 Å². The number of alkyl halides is 3. The lowest BCUT2D eigenvalue weighted by Crippen LogP contribution is -2.18. The van der Waals surface area contributed by atoms with Crippen molar-refractivity contribution < 1.29 is 18.0 Å². The molecule has 0 atom stereocenters. The van der Waals surface area contributed by atoms with Crippen molar-refractivity contribution >= 4 is 34.3 Å². The minimum atomic E-state index is -4.52. The summed E-state index contributed by atoms with van der Waals surface area (Å²) in [5, 5.41) is 4.05. The summed E-state index contributed by atoms with van der Waals surface area (Å²) in [4.78, 5) is 16.7. The van der Waals surface area contributed by atoms with Gasteiger partial charge < -0.3 is 5.32 Å². The maximum atomic E-state index is 13.0. The summed E-state index contributed by atoms with van der Waals surface area (Å²) in [6.45, 7) is 3.93. The fraction of sp³-hybridized carbons (Fsp3) is 0.200. The van der Waals surface area contributed by atoms with Crippen LogP contribution in [0.1, 0.15) is 16.7 Å². The van der Waals surface area contributed by atoms with Gasteiger partial charge in [-0.15, -0.1) is 0 Å². The zero-order valence-electron chi connectivity index (χ0n) is 14.7. The number of rotatable bonds is 4. The molecule has 3 nitrogen and oxygen atoms in total. The first kappa shape index (κ1) is 19.2. The first-order valence-electron chi connectivity index (χ1n) is 8.21. The van der Waals surface area contributed by atoms with Crippen molar-refractivity contribution in [2.24, 2.45) is 0 Å². The zero-order valence-corrected chi connectivity index (χ0v) is 15.5. The number of hydrogen-bond donors (Lipinski definition) is 1. The fourth-order valence-electron chi connectivity index (χ4n) is 2.77. The molecule has 140 valence electrons. The number of para-hydroxylation sites is 2. The Morgan fingerprint density at radius 2 is 1.81 bits per heavy atom. The van der Waals surface area contributed by atoms with E-state index < -0.39 is 17.6 Å². The van der Waals surface area contributed by atoms with Gasteiger partial charge in [-0.3, -0.25) is 4.79 Å². The van der Waals surface area contributed by atoms with E-state index in [0.717, 1.165) is 28.1 Å². The second-order valence-corrected chi connectivity index (χ2v) is 7.12. The Bertz CT molecular complexity index is 1000. The summed E-state index contributed by atoms with van der Waals surface area (Å²) in [5.74, 6) is -0.545. The number of halogens is 3. The van der Waals surface area contributed by atoms with Gasteiger partial charge in [0, 0.05) is 5.39 Å². The first-order valence-corrected chi connectivity index (χ1v) is 9.20. The fourth-order valence-corrected chi connectivity index (χ4v) is 3.54. The van der Waals surface area contributed by atoms with E-state index >= 15 is 0 Å². The van der Waals surface area contributed by atoms with Crippen molar-refractivity contribution in [2.45, 2.75) is 25.0 Å². The van der Waals surface area contributed by atoms with Crippen LogP contribution in [0.3, 0.4) is 0 Å². The molecule has 0 bridgehead atoms. The molecule has 0 radical (unpaired) electrons. The molecule has 7 heteroatoms. The first-order chi connectivity index (χ1) is 12.8. The number of benzene rings is 2. The molecule has 1 amide bonds. The Labute approximate surface area is 159 Å². The number of nitrogens with zero attached hydrogens (tertiary/aromatic N) is 1. The molecule has 1 N–H and O–H groups in total. The summed E-state index contributed by atoms with van der Waals surface area (Å²) in [6.07, 6.45) is -4.52. The van der Waals surface area contributed by atoms with Gasteiger partial charge in [-0.25, -0.2) is 4.98 Å². The van der Waals surface area contributed by atoms with Gasteiger partial charge >= 0.3 is 6.18 Å². The van der Waals surface area contributed by atoms with Crippen LogP contribution in [0.15, 0.2) is 53.6 Å². The van der Waals surface area contributed by atoms with Gasteiger partial charge in [0.1, 0.15) is 0 Å². The summed E-state index contributed by atoms with van der Waals surface area (Å²) in [6, 6.07) is 12.7. The Hall–Kier alpha value is -2.54. The molecule has 3 aromatic rings. The Balaban J connectivity index is 1.74. The summed E-state index contributed by atoms with van der Waals surface area (Å²) < 4.78 is 39.0. The van der Waals surface area contributed by atoms with Crippen molar-refractivity contribution in [3.8, 4) is 0 Å². The molecule has 0 saturated carbocycles. The normalized spacial score (nSPS) is 11.6. The van der Waals surface area contributed by atoms with E-state index in [1.165, 1.54) is 30.0 Å². The number of carbonyl (C=O) groups excluding carboxylic acids is 1. The third-order valence-corrected chi connectivity index (χ3v) is 4.99. The van der Waals surface area contributed by atoms with Crippen LogP contribution in [0.4, 0.5) is 18.9 Å². The number of fused-ring (bicyclic) bond motifs is 1. The van der Waals surface area contributed by atoms with Gasteiger partial charge in [0.25, 0.3) is 0 Å². The monoisotopic (exact) mass is 390 g/mol. The standard InChI is InChI=1S/C20H17F3N2OS/c1-12-6-5-7-14-13(2)10-18(25-19(12)14)27-11-17(26)24-16-9-4-3-8-15(16)20(21,22)23/h3-10H,11H2,1-2H3,(H,24,26). The molecule has 0 aliphatic carbocycles. The average molecular weight is 390 g/mol. The van der Waals surface area contributed by atoms with Gasteiger partial charge in [-0.2, -0.15) is 13.2 Å². The summed E-state index contributed by atoms with van der Waals surface area (Å²) in [5.41, 5.74) is 1.83. The van der Waals surface area contributed by atoms with Crippen LogP contribution < -0.4 is 5.32 Å². The molecule has 1 aromatic heterocycles. The number of thioether (sulfide) groups is 1. The van der Waals surface area contributed by atoms with Crippen molar-refractivity contribution in [2.75, 3.05) is 11.1 Å². The van der Waals surface area contributed by atoms with Gasteiger partial charge in [0.2, 0.25) is 5.91 Å². The number of anilines is 1. The summed E-state index contributed by atoms with van der Waals surface area (Å²) >= 11 is 1.19. The second kappa shape index (κ2) is 7.60. The number of pyridine rings is 1. The van der Waals surface area contributed by atoms with E-state index in [-0.39, 0.29) is 11.4 Å². The Morgan fingerprint density at radius 3 is 2.56 bits per heavy atom. The van der Waals surface area contributed by atoms with E-state index in [0.29, 0.717) is 5.03 Å². The SMILES string of the molecule is Cc1cc(SCC(=O)Nc2ccccc2C(F)(F)F)nc2c(C)cccc12. The lowest BCUT2D eigenvalue weighted by molar-refractivity contribution is -0.137. The highest BCUT2D eigenvalue weighted by molar-refractivity contribution is 7.99. The molecule has 2 aromatic carbocycles. The van der Waals surface area contributed by atoms with Crippen LogP contribution in [0.5, 0.6) is 0 Å². The van der Waals surface area contributed by atoms with E-state index in [4.69, 9.17) is 0 Å². The molecular weight excluding hydrogens is 373 g/mol. The number of carbonyl (C=O) groups is 1. The maximum Gasteiger partial charge on any atom is 0.418 e. The molecular formula is C20H17F3N2OS. The highest BCUT2D eigenvalue weighted by Crippen LogP contribution is 2.34. The quantitative estimate of drug-likeness (QED) is 0.590. The van der Waals surface area contributed by atoms with Crippen molar-refractivity contribution in [1.29, 1.82) is 0 Å². The Kier molecular flexibility index (Phi) is 5.41. The molecule has 0 spiro atoms. The summed E-state index contributed by atoms with van der Waals surface area (Å²) in [7, 11) is 0.